The number of benzene rings is 2. The Balaban J connectivity index is 1.99. The third-order valence-electron chi connectivity index (χ3n) is 5.55. The minimum Gasteiger partial charge on any atom is -0.505 e. The number of pyridine rings is 1. The Hall–Kier alpha value is -3.18. The van der Waals surface area contributed by atoms with Crippen molar-refractivity contribution in [3.05, 3.63) is 83.2 Å². The second-order valence-electron chi connectivity index (χ2n) is 10.3. The summed E-state index contributed by atoms with van der Waals surface area (Å²) in [7, 11) is 1.65. The van der Waals surface area contributed by atoms with Gasteiger partial charge in [-0.2, -0.15) is 0 Å². The molecule has 3 aromatic rings. The fourth-order valence-electron chi connectivity index (χ4n) is 3.53. The van der Waals surface area contributed by atoms with Crippen LogP contribution in [0.15, 0.2) is 65.8 Å². The molecule has 1 heterocycles. The molecular formula is C28H35N3O2. The first-order valence-electron chi connectivity index (χ1n) is 11.2. The van der Waals surface area contributed by atoms with Crippen LogP contribution in [-0.4, -0.2) is 23.4 Å². The molecule has 0 fully saturated rings. The fraction of sp³-hybridized carbons (Fsp3) is 0.357. The summed E-state index contributed by atoms with van der Waals surface area (Å²) in [4.78, 5) is 9.11. The zero-order valence-electron chi connectivity index (χ0n) is 20.7. The van der Waals surface area contributed by atoms with E-state index in [0.29, 0.717) is 5.69 Å². The van der Waals surface area contributed by atoms with Gasteiger partial charge in [0.15, 0.2) is 6.23 Å². The SMILES string of the molecule is CO[C@H](Nc1ccccc1C=Nc1cc(C(C)(C)C)cc(C(C)(C)C)c1O)c1ccccn1. The van der Waals surface area contributed by atoms with Crippen LogP contribution in [0, 0.1) is 0 Å². The van der Waals surface area contributed by atoms with Crippen molar-refractivity contribution in [2.45, 2.75) is 58.6 Å². The molecular weight excluding hydrogens is 410 g/mol. The van der Waals surface area contributed by atoms with Crippen LogP contribution in [0.2, 0.25) is 0 Å². The Bertz CT molecular complexity index is 1110. The Morgan fingerprint density at radius 1 is 0.970 bits per heavy atom. The van der Waals surface area contributed by atoms with Gasteiger partial charge in [-0.05, 0) is 40.7 Å². The second kappa shape index (κ2) is 9.75. The number of phenols is 1. The third-order valence-corrected chi connectivity index (χ3v) is 5.55. The van der Waals surface area contributed by atoms with Gasteiger partial charge in [0.2, 0.25) is 0 Å². The van der Waals surface area contributed by atoms with E-state index < -0.39 is 6.23 Å². The average molecular weight is 446 g/mol. The van der Waals surface area contributed by atoms with Crippen LogP contribution in [0.25, 0.3) is 0 Å². The van der Waals surface area contributed by atoms with Gasteiger partial charge in [0.25, 0.3) is 0 Å². The highest BCUT2D eigenvalue weighted by atomic mass is 16.5. The molecule has 1 aromatic heterocycles. The molecule has 3 rings (SSSR count). The van der Waals surface area contributed by atoms with E-state index in [2.05, 4.69) is 57.9 Å². The van der Waals surface area contributed by atoms with E-state index in [1.165, 1.54) is 0 Å². The van der Waals surface area contributed by atoms with Gasteiger partial charge in [0.1, 0.15) is 11.4 Å². The first-order valence-corrected chi connectivity index (χ1v) is 11.2. The average Bonchev–Trinajstić information content (AvgIpc) is 2.76. The number of aliphatic imine (C=N–C) groups is 1. The van der Waals surface area contributed by atoms with E-state index in [1.54, 1.807) is 19.5 Å². The minimum absolute atomic E-state index is 0.0637. The van der Waals surface area contributed by atoms with Gasteiger partial charge in [-0.15, -0.1) is 0 Å². The molecule has 5 heteroatoms. The van der Waals surface area contributed by atoms with E-state index in [9.17, 15) is 5.11 Å². The highest BCUT2D eigenvalue weighted by Gasteiger charge is 2.25. The lowest BCUT2D eigenvalue weighted by atomic mass is 9.80. The number of methoxy groups -OCH3 is 1. The lowest BCUT2D eigenvalue weighted by molar-refractivity contribution is 0.123. The van der Waals surface area contributed by atoms with Gasteiger partial charge in [-0.1, -0.05) is 71.9 Å². The number of hydrogen-bond acceptors (Lipinski definition) is 5. The molecule has 0 aliphatic heterocycles. The van der Waals surface area contributed by atoms with Crippen molar-refractivity contribution in [1.82, 2.24) is 4.98 Å². The highest BCUT2D eigenvalue weighted by Crippen LogP contribution is 2.41. The van der Waals surface area contributed by atoms with Crippen molar-refractivity contribution in [2.75, 3.05) is 12.4 Å². The molecule has 33 heavy (non-hydrogen) atoms. The number of para-hydroxylation sites is 1. The topological polar surface area (TPSA) is 66.7 Å². The third kappa shape index (κ3) is 5.99. The van der Waals surface area contributed by atoms with Crippen LogP contribution < -0.4 is 5.32 Å². The predicted molar refractivity (Wildman–Crippen MR) is 137 cm³/mol. The van der Waals surface area contributed by atoms with Crippen LogP contribution in [0.4, 0.5) is 11.4 Å². The highest BCUT2D eigenvalue weighted by molar-refractivity contribution is 5.90. The molecule has 2 N–H and O–H groups in total. The molecule has 2 aromatic carbocycles. The van der Waals surface area contributed by atoms with Gasteiger partial charge in [0.05, 0.1) is 5.69 Å². The largest absolute Gasteiger partial charge is 0.505 e. The molecule has 1 atom stereocenters. The van der Waals surface area contributed by atoms with Gasteiger partial charge < -0.3 is 15.2 Å². The number of phenolic OH excluding ortho intramolecular Hbond substituents is 1. The first kappa shape index (κ1) is 24.5. The Labute approximate surface area is 197 Å². The number of hydrogen-bond donors (Lipinski definition) is 2. The van der Waals surface area contributed by atoms with Crippen molar-refractivity contribution >= 4 is 17.6 Å². The summed E-state index contributed by atoms with van der Waals surface area (Å²) >= 11 is 0. The summed E-state index contributed by atoms with van der Waals surface area (Å²) in [6.07, 6.45) is 3.13. The van der Waals surface area contributed by atoms with Crippen LogP contribution in [0.5, 0.6) is 5.75 Å². The zero-order valence-corrected chi connectivity index (χ0v) is 20.7. The van der Waals surface area contributed by atoms with Crippen molar-refractivity contribution in [3.8, 4) is 5.75 Å². The maximum atomic E-state index is 11.0. The van der Waals surface area contributed by atoms with E-state index in [0.717, 1.165) is 28.1 Å². The number of rotatable bonds is 6. The Morgan fingerprint density at radius 3 is 2.27 bits per heavy atom. The number of nitrogens with one attached hydrogen (secondary N) is 1. The van der Waals surface area contributed by atoms with Crippen LogP contribution in [0.3, 0.4) is 0 Å². The molecule has 174 valence electrons. The van der Waals surface area contributed by atoms with E-state index in [4.69, 9.17) is 9.73 Å². The van der Waals surface area contributed by atoms with Crippen molar-refractivity contribution in [1.29, 1.82) is 0 Å². The molecule has 0 aliphatic rings. The number of aromatic hydroxyl groups is 1. The Kier molecular flexibility index (Phi) is 7.23. The molecule has 0 aliphatic carbocycles. The lowest BCUT2D eigenvalue weighted by Gasteiger charge is -2.26. The van der Waals surface area contributed by atoms with Crippen LogP contribution in [0.1, 0.15) is 70.2 Å². The summed E-state index contributed by atoms with van der Waals surface area (Å²) in [5.41, 5.74) is 4.86. The van der Waals surface area contributed by atoms with Gasteiger partial charge in [-0.25, -0.2) is 0 Å². The standard InChI is InChI=1S/C28H35N3O2/c1-27(2,3)20-16-21(28(4,5)6)25(32)24(17-20)30-18-19-12-8-9-13-22(19)31-26(33-7)23-14-10-11-15-29-23/h8-18,26,31-32H,1-7H3/t26-/m0/s1. The molecule has 0 radical (unpaired) electrons. The molecule has 0 saturated heterocycles. The van der Waals surface area contributed by atoms with Crippen molar-refractivity contribution in [3.63, 3.8) is 0 Å². The molecule has 5 nitrogen and oxygen atoms in total. The first-order chi connectivity index (χ1) is 15.5. The Morgan fingerprint density at radius 2 is 1.67 bits per heavy atom. The van der Waals surface area contributed by atoms with E-state index >= 15 is 0 Å². The summed E-state index contributed by atoms with van der Waals surface area (Å²) < 4.78 is 5.63. The van der Waals surface area contributed by atoms with Gasteiger partial charge >= 0.3 is 0 Å². The molecule has 0 unspecified atom stereocenters. The number of aromatic nitrogens is 1. The van der Waals surface area contributed by atoms with Crippen LogP contribution >= 0.6 is 0 Å². The molecule has 0 spiro atoms. The van der Waals surface area contributed by atoms with E-state index in [1.807, 2.05) is 48.5 Å². The monoisotopic (exact) mass is 445 g/mol. The van der Waals surface area contributed by atoms with E-state index in [-0.39, 0.29) is 16.6 Å². The number of nitrogens with zero attached hydrogens (tertiary/aromatic N) is 2. The number of ether oxygens (including phenoxy) is 1. The maximum Gasteiger partial charge on any atom is 0.170 e. The summed E-state index contributed by atoms with van der Waals surface area (Å²) in [6.45, 7) is 12.8. The zero-order chi connectivity index (χ0) is 24.2. The minimum atomic E-state index is -0.397. The van der Waals surface area contributed by atoms with Gasteiger partial charge in [0, 0.05) is 36.3 Å². The fourth-order valence-corrected chi connectivity index (χ4v) is 3.53. The summed E-state index contributed by atoms with van der Waals surface area (Å²) in [5.74, 6) is 0.223. The predicted octanol–water partition coefficient (Wildman–Crippen LogP) is 6.89. The van der Waals surface area contributed by atoms with Crippen molar-refractivity contribution < 1.29 is 9.84 Å². The number of anilines is 1. The smallest absolute Gasteiger partial charge is 0.170 e. The lowest BCUT2D eigenvalue weighted by Crippen LogP contribution is -2.16. The molecule has 0 bridgehead atoms. The van der Waals surface area contributed by atoms with Crippen LogP contribution in [-0.2, 0) is 15.6 Å². The normalized spacial score (nSPS) is 13.3. The molecule has 0 saturated carbocycles. The molecule has 0 amide bonds. The maximum absolute atomic E-state index is 11.0. The second-order valence-corrected chi connectivity index (χ2v) is 10.3. The van der Waals surface area contributed by atoms with Crippen molar-refractivity contribution in [2.24, 2.45) is 4.99 Å². The summed E-state index contributed by atoms with van der Waals surface area (Å²) in [6, 6.07) is 17.7. The van der Waals surface area contributed by atoms with Gasteiger partial charge in [-0.3, -0.25) is 9.98 Å². The quantitative estimate of drug-likeness (QED) is 0.320. The summed E-state index contributed by atoms with van der Waals surface area (Å²) in [5, 5.41) is 14.4.